The molecule has 0 saturated heterocycles. The highest BCUT2D eigenvalue weighted by molar-refractivity contribution is 6.01. The molecular weight excluding hydrogens is 232 g/mol. The molecule has 0 aliphatic rings. The summed E-state index contributed by atoms with van der Waals surface area (Å²) < 4.78 is 5.02. The molecule has 0 saturated carbocycles. The molecule has 1 aromatic rings. The van der Waals surface area contributed by atoms with Gasteiger partial charge in [0.15, 0.2) is 5.84 Å². The van der Waals surface area contributed by atoms with Crippen LogP contribution in [-0.2, 0) is 4.74 Å². The molecule has 0 aromatic carbocycles. The summed E-state index contributed by atoms with van der Waals surface area (Å²) in [6.07, 6.45) is 0.887. The number of methoxy groups -OCH3 is 1. The van der Waals surface area contributed by atoms with Crippen LogP contribution in [0.1, 0.15) is 17.7 Å². The lowest BCUT2D eigenvalue weighted by atomic mass is 10.2. The Morgan fingerprint density at radius 1 is 1.56 bits per heavy atom. The zero-order valence-corrected chi connectivity index (χ0v) is 11.1. The predicted octanol–water partition coefficient (Wildman–Crippen LogP) is 0.957. The molecule has 6 nitrogen and oxygen atoms in total. The second-order valence-corrected chi connectivity index (χ2v) is 4.08. The zero-order chi connectivity index (χ0) is 13.5. The van der Waals surface area contributed by atoms with Crippen LogP contribution in [0.15, 0.2) is 17.3 Å². The van der Waals surface area contributed by atoms with Gasteiger partial charge >= 0.3 is 0 Å². The van der Waals surface area contributed by atoms with E-state index in [2.05, 4.69) is 10.1 Å². The lowest BCUT2D eigenvalue weighted by molar-refractivity contribution is 0.196. The van der Waals surface area contributed by atoms with Crippen LogP contribution in [-0.4, -0.2) is 43.3 Å². The number of hydrogen-bond donors (Lipinski definition) is 2. The summed E-state index contributed by atoms with van der Waals surface area (Å²) in [4.78, 5) is 6.41. The summed E-state index contributed by atoms with van der Waals surface area (Å²) in [5, 5.41) is 11.8. The second-order valence-electron chi connectivity index (χ2n) is 4.08. The summed E-state index contributed by atoms with van der Waals surface area (Å²) in [5.74, 6) is 0.775. The number of ether oxygens (including phenoxy) is 1. The number of rotatable bonds is 6. The van der Waals surface area contributed by atoms with Gasteiger partial charge in [-0.05, 0) is 25.5 Å². The molecule has 0 aliphatic heterocycles. The molecule has 0 spiro atoms. The van der Waals surface area contributed by atoms with Crippen molar-refractivity contribution < 1.29 is 9.94 Å². The quantitative estimate of drug-likeness (QED) is 0.259. The Bertz CT molecular complexity index is 421. The fourth-order valence-corrected chi connectivity index (χ4v) is 1.64. The van der Waals surface area contributed by atoms with Gasteiger partial charge < -0.3 is 20.6 Å². The predicted molar refractivity (Wildman–Crippen MR) is 71.2 cm³/mol. The van der Waals surface area contributed by atoms with Crippen molar-refractivity contribution in [3.05, 3.63) is 23.4 Å². The van der Waals surface area contributed by atoms with E-state index in [9.17, 15) is 0 Å². The average molecular weight is 252 g/mol. The third-order valence-corrected chi connectivity index (χ3v) is 2.60. The zero-order valence-electron chi connectivity index (χ0n) is 11.1. The normalized spacial score (nSPS) is 11.6. The highest BCUT2D eigenvalue weighted by Crippen LogP contribution is 2.17. The fraction of sp³-hybridized carbons (Fsp3) is 0.500. The van der Waals surface area contributed by atoms with Crippen molar-refractivity contribution in [1.82, 2.24) is 4.98 Å². The molecule has 0 radical (unpaired) electrons. The largest absolute Gasteiger partial charge is 0.409 e. The van der Waals surface area contributed by atoms with Crippen LogP contribution in [0.4, 0.5) is 5.82 Å². The number of nitrogens with zero attached hydrogens (tertiary/aromatic N) is 3. The van der Waals surface area contributed by atoms with E-state index in [4.69, 9.17) is 15.7 Å². The molecular formula is C12H20N4O2. The van der Waals surface area contributed by atoms with E-state index < -0.39 is 0 Å². The smallest absolute Gasteiger partial charge is 0.173 e. The third-order valence-electron chi connectivity index (χ3n) is 2.60. The van der Waals surface area contributed by atoms with Gasteiger partial charge in [-0.3, -0.25) is 0 Å². The molecule has 0 aliphatic carbocycles. The van der Waals surface area contributed by atoms with Gasteiger partial charge in [-0.1, -0.05) is 5.16 Å². The van der Waals surface area contributed by atoms with Crippen molar-refractivity contribution in [2.45, 2.75) is 13.3 Å². The maximum absolute atomic E-state index is 8.77. The van der Waals surface area contributed by atoms with Gasteiger partial charge in [0.25, 0.3) is 0 Å². The minimum atomic E-state index is 0.0658. The molecule has 6 heteroatoms. The Hall–Kier alpha value is -1.82. The summed E-state index contributed by atoms with van der Waals surface area (Å²) >= 11 is 0. The SMILES string of the molecule is COCCCN(C)c1nc(C)ccc1C(N)=NO. The van der Waals surface area contributed by atoms with Gasteiger partial charge in [0.2, 0.25) is 0 Å². The second kappa shape index (κ2) is 6.80. The van der Waals surface area contributed by atoms with Crippen molar-refractivity contribution in [2.24, 2.45) is 10.9 Å². The van der Waals surface area contributed by atoms with Gasteiger partial charge in [0, 0.05) is 33.0 Å². The summed E-state index contributed by atoms with van der Waals surface area (Å²) in [5.41, 5.74) is 7.16. The summed E-state index contributed by atoms with van der Waals surface area (Å²) in [6.45, 7) is 3.38. The Labute approximate surface area is 107 Å². The fourth-order valence-electron chi connectivity index (χ4n) is 1.64. The molecule has 18 heavy (non-hydrogen) atoms. The van der Waals surface area contributed by atoms with Gasteiger partial charge in [0.05, 0.1) is 5.56 Å². The minimum Gasteiger partial charge on any atom is -0.409 e. The van der Waals surface area contributed by atoms with Crippen LogP contribution in [0.3, 0.4) is 0 Å². The number of hydrogen-bond acceptors (Lipinski definition) is 5. The summed E-state index contributed by atoms with van der Waals surface area (Å²) in [6, 6.07) is 3.64. The van der Waals surface area contributed by atoms with Crippen molar-refractivity contribution in [3.63, 3.8) is 0 Å². The van der Waals surface area contributed by atoms with Crippen LogP contribution >= 0.6 is 0 Å². The molecule has 0 fully saturated rings. The number of aromatic nitrogens is 1. The number of nitrogens with two attached hydrogens (primary N) is 1. The Balaban J connectivity index is 2.94. The van der Waals surface area contributed by atoms with Crippen LogP contribution in [0, 0.1) is 6.92 Å². The van der Waals surface area contributed by atoms with Crippen LogP contribution in [0.2, 0.25) is 0 Å². The molecule has 0 unspecified atom stereocenters. The molecule has 1 aromatic heterocycles. The maximum atomic E-state index is 8.77. The topological polar surface area (TPSA) is 84.0 Å². The molecule has 1 heterocycles. The first kappa shape index (κ1) is 14.2. The number of oxime groups is 1. The highest BCUT2D eigenvalue weighted by Gasteiger charge is 2.12. The first-order valence-electron chi connectivity index (χ1n) is 5.75. The minimum absolute atomic E-state index is 0.0658. The van der Waals surface area contributed by atoms with E-state index >= 15 is 0 Å². The van der Waals surface area contributed by atoms with Crippen molar-refractivity contribution >= 4 is 11.7 Å². The third kappa shape index (κ3) is 3.59. The molecule has 1 rings (SSSR count). The number of amidine groups is 1. The van der Waals surface area contributed by atoms with Gasteiger partial charge in [-0.25, -0.2) is 4.98 Å². The van der Waals surface area contributed by atoms with E-state index in [-0.39, 0.29) is 5.84 Å². The average Bonchev–Trinajstić information content (AvgIpc) is 2.38. The number of pyridine rings is 1. The van der Waals surface area contributed by atoms with Crippen molar-refractivity contribution in [3.8, 4) is 0 Å². The molecule has 0 amide bonds. The summed E-state index contributed by atoms with van der Waals surface area (Å²) in [7, 11) is 3.60. The first-order valence-corrected chi connectivity index (χ1v) is 5.75. The first-order chi connectivity index (χ1) is 8.60. The van der Waals surface area contributed by atoms with Crippen molar-refractivity contribution in [2.75, 3.05) is 32.2 Å². The lowest BCUT2D eigenvalue weighted by Crippen LogP contribution is -2.26. The molecule has 100 valence electrons. The lowest BCUT2D eigenvalue weighted by Gasteiger charge is -2.21. The maximum Gasteiger partial charge on any atom is 0.173 e. The monoisotopic (exact) mass is 252 g/mol. The number of anilines is 1. The standard InChI is InChI=1S/C12H20N4O2/c1-9-5-6-10(11(13)15-17)12(14-9)16(2)7-4-8-18-3/h5-6,17H,4,7-8H2,1-3H3,(H2,13,15). The van der Waals surface area contributed by atoms with Gasteiger partial charge in [-0.15, -0.1) is 0 Å². The van der Waals surface area contributed by atoms with Gasteiger partial charge in [0.1, 0.15) is 5.82 Å². The van der Waals surface area contributed by atoms with E-state index in [1.165, 1.54) is 0 Å². The van der Waals surface area contributed by atoms with E-state index in [1.807, 2.05) is 24.9 Å². The Morgan fingerprint density at radius 2 is 2.28 bits per heavy atom. The van der Waals surface area contributed by atoms with E-state index in [0.717, 1.165) is 18.7 Å². The van der Waals surface area contributed by atoms with Crippen LogP contribution in [0.25, 0.3) is 0 Å². The molecule has 3 N–H and O–H groups in total. The number of aryl methyl sites for hydroxylation is 1. The Morgan fingerprint density at radius 3 is 2.89 bits per heavy atom. The van der Waals surface area contributed by atoms with Crippen LogP contribution in [0.5, 0.6) is 0 Å². The van der Waals surface area contributed by atoms with Crippen molar-refractivity contribution in [1.29, 1.82) is 0 Å². The highest BCUT2D eigenvalue weighted by atomic mass is 16.5. The van der Waals surface area contributed by atoms with Crippen LogP contribution < -0.4 is 10.6 Å². The molecule has 0 atom stereocenters. The van der Waals surface area contributed by atoms with E-state index in [0.29, 0.717) is 18.0 Å². The van der Waals surface area contributed by atoms with Gasteiger partial charge in [-0.2, -0.15) is 0 Å². The Kier molecular flexibility index (Phi) is 5.38. The molecule has 0 bridgehead atoms. The van der Waals surface area contributed by atoms with E-state index in [1.54, 1.807) is 13.2 Å².